The van der Waals surface area contributed by atoms with E-state index in [0.29, 0.717) is 11.6 Å². The van der Waals surface area contributed by atoms with Crippen LogP contribution in [0.1, 0.15) is 5.56 Å². The van der Waals surface area contributed by atoms with E-state index in [2.05, 4.69) is 0 Å². The summed E-state index contributed by atoms with van der Waals surface area (Å²) in [6, 6.07) is 5.01. The number of halogens is 2. The Kier molecular flexibility index (Phi) is 4.17. The summed E-state index contributed by atoms with van der Waals surface area (Å²) < 4.78 is -0.118. The van der Waals surface area contributed by atoms with E-state index in [-0.39, 0.29) is 15.5 Å². The second kappa shape index (κ2) is 5.48. The zero-order valence-corrected chi connectivity index (χ0v) is 12.5. The van der Waals surface area contributed by atoms with Crippen molar-refractivity contribution in [2.75, 3.05) is 11.9 Å². The normalized spacial score (nSPS) is 10.6. The van der Waals surface area contributed by atoms with Crippen LogP contribution in [0.4, 0.5) is 5.00 Å². The summed E-state index contributed by atoms with van der Waals surface area (Å²) in [5.41, 5.74) is 0.933. The Hall–Kier alpha value is -0.750. The van der Waals surface area contributed by atoms with Crippen molar-refractivity contribution in [2.45, 2.75) is 6.54 Å². The molecule has 1 aromatic heterocycles. The third kappa shape index (κ3) is 2.80. The van der Waals surface area contributed by atoms with E-state index >= 15 is 0 Å². The molecule has 1 N–H and O–H groups in total. The minimum Gasteiger partial charge on any atom is -0.506 e. The van der Waals surface area contributed by atoms with E-state index in [1.807, 2.05) is 11.9 Å². The zero-order valence-electron chi connectivity index (χ0n) is 9.31. The number of phenolic OH excluding ortho intramolecular Hbond substituents is 1. The fourth-order valence-electron chi connectivity index (χ4n) is 1.46. The van der Waals surface area contributed by atoms with E-state index in [1.54, 1.807) is 18.2 Å². The van der Waals surface area contributed by atoms with Crippen molar-refractivity contribution in [1.82, 2.24) is 0 Å². The molecule has 0 aliphatic heterocycles. The average Bonchev–Trinajstić information content (AvgIpc) is 2.65. The Morgan fingerprint density at radius 2 is 2.06 bits per heavy atom. The highest BCUT2D eigenvalue weighted by Gasteiger charge is 2.13. The van der Waals surface area contributed by atoms with E-state index in [0.717, 1.165) is 20.9 Å². The van der Waals surface area contributed by atoms with Gasteiger partial charge in [-0.25, -0.2) is 0 Å². The summed E-state index contributed by atoms with van der Waals surface area (Å²) in [4.78, 5) is 13.2. The second-order valence-corrected chi connectivity index (χ2v) is 6.59. The number of hydrogen-bond acceptors (Lipinski definition) is 5. The van der Waals surface area contributed by atoms with Gasteiger partial charge in [0.05, 0.1) is 5.02 Å². The van der Waals surface area contributed by atoms with Gasteiger partial charge in [-0.1, -0.05) is 39.6 Å². The zero-order chi connectivity index (χ0) is 13.3. The molecule has 7 heteroatoms. The van der Waals surface area contributed by atoms with Crippen LogP contribution in [0.25, 0.3) is 0 Å². The number of phenols is 1. The highest BCUT2D eigenvalue weighted by Crippen LogP contribution is 2.32. The Morgan fingerprint density at radius 3 is 2.61 bits per heavy atom. The van der Waals surface area contributed by atoms with Gasteiger partial charge in [0.1, 0.15) is 15.8 Å². The summed E-state index contributed by atoms with van der Waals surface area (Å²) in [5.74, 6) is 0.0568. The molecule has 0 aliphatic rings. The number of benzene rings is 1. The molecule has 1 aromatic carbocycles. The van der Waals surface area contributed by atoms with Crippen molar-refractivity contribution in [3.8, 4) is 5.75 Å². The van der Waals surface area contributed by atoms with Gasteiger partial charge in [0, 0.05) is 13.6 Å². The van der Waals surface area contributed by atoms with Gasteiger partial charge in [-0.3, -0.25) is 4.79 Å². The standard InChI is InChI=1S/C11H9Cl2NO2S2/c1-14(10-9(13)11(16)18-17-10)5-6-2-3-8(15)7(12)4-6/h2-4,15H,5H2,1H3. The molecule has 0 atom stereocenters. The largest absolute Gasteiger partial charge is 0.506 e. The lowest BCUT2D eigenvalue weighted by molar-refractivity contribution is 0.475. The first kappa shape index (κ1) is 13.7. The van der Waals surface area contributed by atoms with Gasteiger partial charge in [-0.05, 0) is 28.0 Å². The smallest absolute Gasteiger partial charge is 0.263 e. The van der Waals surface area contributed by atoms with Crippen LogP contribution in [0.5, 0.6) is 5.75 Å². The first-order chi connectivity index (χ1) is 8.49. The average molecular weight is 322 g/mol. The van der Waals surface area contributed by atoms with Crippen LogP contribution in [-0.2, 0) is 6.54 Å². The van der Waals surface area contributed by atoms with E-state index in [9.17, 15) is 9.90 Å². The van der Waals surface area contributed by atoms with Gasteiger partial charge in [0.15, 0.2) is 0 Å². The Morgan fingerprint density at radius 1 is 1.33 bits per heavy atom. The maximum Gasteiger partial charge on any atom is 0.263 e. The van der Waals surface area contributed by atoms with Gasteiger partial charge in [-0.2, -0.15) is 0 Å². The van der Waals surface area contributed by atoms with Crippen molar-refractivity contribution in [3.05, 3.63) is 43.3 Å². The van der Waals surface area contributed by atoms with Crippen molar-refractivity contribution >= 4 is 48.9 Å². The summed E-state index contributed by atoms with van der Waals surface area (Å²) in [6.07, 6.45) is 0. The monoisotopic (exact) mass is 321 g/mol. The van der Waals surface area contributed by atoms with Gasteiger partial charge in [-0.15, -0.1) is 0 Å². The predicted molar refractivity (Wildman–Crippen MR) is 78.7 cm³/mol. The van der Waals surface area contributed by atoms with E-state index < -0.39 is 0 Å². The first-order valence-corrected chi connectivity index (χ1v) is 7.87. The summed E-state index contributed by atoms with van der Waals surface area (Å²) in [7, 11) is 4.33. The SMILES string of the molecule is CN(Cc1ccc(O)c(Cl)c1)c1ssc(=O)c1Cl. The van der Waals surface area contributed by atoms with Gasteiger partial charge in [0.25, 0.3) is 4.74 Å². The van der Waals surface area contributed by atoms with Gasteiger partial charge < -0.3 is 10.0 Å². The number of anilines is 1. The van der Waals surface area contributed by atoms with Crippen LogP contribution in [-0.4, -0.2) is 12.2 Å². The van der Waals surface area contributed by atoms with Crippen LogP contribution in [0.2, 0.25) is 10.0 Å². The van der Waals surface area contributed by atoms with Crippen LogP contribution >= 0.6 is 43.9 Å². The Labute approximate surface area is 121 Å². The molecule has 0 saturated heterocycles. The molecule has 0 bridgehead atoms. The molecule has 2 rings (SSSR count). The third-order valence-electron chi connectivity index (χ3n) is 2.34. The van der Waals surface area contributed by atoms with Crippen LogP contribution in [0.3, 0.4) is 0 Å². The minimum absolute atomic E-state index is 0.0568. The van der Waals surface area contributed by atoms with Gasteiger partial charge >= 0.3 is 0 Å². The molecule has 0 amide bonds. The van der Waals surface area contributed by atoms with Crippen molar-refractivity contribution in [3.63, 3.8) is 0 Å². The van der Waals surface area contributed by atoms with E-state index in [4.69, 9.17) is 23.2 Å². The lowest BCUT2D eigenvalue weighted by Crippen LogP contribution is -2.16. The minimum atomic E-state index is -0.118. The highest BCUT2D eigenvalue weighted by atomic mass is 35.5. The molecule has 1 heterocycles. The summed E-state index contributed by atoms with van der Waals surface area (Å²) in [5, 5.41) is 10.7. The molecule has 0 saturated carbocycles. The second-order valence-electron chi connectivity index (χ2n) is 3.72. The fourth-order valence-corrected chi connectivity index (χ4v) is 4.41. The fraction of sp³-hybridized carbons (Fsp3) is 0.182. The molecule has 3 nitrogen and oxygen atoms in total. The van der Waals surface area contributed by atoms with Crippen LogP contribution in [0.15, 0.2) is 23.0 Å². The third-order valence-corrected chi connectivity index (χ3v) is 5.51. The molecular formula is C11H9Cl2NO2S2. The quantitative estimate of drug-likeness (QED) is 0.874. The molecule has 2 aromatic rings. The van der Waals surface area contributed by atoms with Crippen LogP contribution < -0.4 is 9.64 Å². The maximum atomic E-state index is 11.3. The molecule has 0 radical (unpaired) electrons. The Bertz CT molecular complexity index is 624. The maximum absolute atomic E-state index is 11.3. The number of rotatable bonds is 3. The predicted octanol–water partition coefficient (Wildman–Crippen LogP) is 3.82. The van der Waals surface area contributed by atoms with E-state index in [1.165, 1.54) is 10.3 Å². The van der Waals surface area contributed by atoms with Crippen molar-refractivity contribution in [2.24, 2.45) is 0 Å². The van der Waals surface area contributed by atoms with Crippen molar-refractivity contribution < 1.29 is 5.11 Å². The first-order valence-electron chi connectivity index (χ1n) is 4.96. The lowest BCUT2D eigenvalue weighted by atomic mass is 10.2. The van der Waals surface area contributed by atoms with Gasteiger partial charge in [0.2, 0.25) is 0 Å². The number of nitrogens with zero attached hydrogens (tertiary/aromatic N) is 1. The molecule has 0 unspecified atom stereocenters. The molecule has 0 fully saturated rings. The Balaban J connectivity index is 2.21. The van der Waals surface area contributed by atoms with Crippen LogP contribution in [0, 0.1) is 0 Å². The molecule has 96 valence electrons. The number of hydrogen-bond donors (Lipinski definition) is 1. The molecular weight excluding hydrogens is 313 g/mol. The van der Waals surface area contributed by atoms with Crippen molar-refractivity contribution in [1.29, 1.82) is 0 Å². The molecule has 18 heavy (non-hydrogen) atoms. The topological polar surface area (TPSA) is 40.5 Å². The highest BCUT2D eigenvalue weighted by molar-refractivity contribution is 7.70. The summed E-state index contributed by atoms with van der Waals surface area (Å²) in [6.45, 7) is 0.562. The lowest BCUT2D eigenvalue weighted by Gasteiger charge is -2.17. The molecule has 0 aliphatic carbocycles. The molecule has 0 spiro atoms. The summed E-state index contributed by atoms with van der Waals surface area (Å²) >= 11 is 11.8. The number of aromatic hydroxyl groups is 1.